The largest absolute Gasteiger partial charge is 0.0683 e. The fraction of sp³-hybridized carbons (Fsp3) is 1.00. The molecule has 0 amide bonds. The molecule has 0 heteroatoms. The highest BCUT2D eigenvalue weighted by Crippen LogP contribution is 2.60. The van der Waals surface area contributed by atoms with E-state index in [1.165, 1.54) is 25.7 Å². The highest BCUT2D eigenvalue weighted by Gasteiger charge is 2.49. The van der Waals surface area contributed by atoms with Crippen LogP contribution < -0.4 is 0 Å². The first-order valence-electron chi connectivity index (χ1n) is 5.20. The van der Waals surface area contributed by atoms with Crippen molar-refractivity contribution in [3.8, 4) is 0 Å². The van der Waals surface area contributed by atoms with Gasteiger partial charge in [0.15, 0.2) is 0 Å². The van der Waals surface area contributed by atoms with Crippen LogP contribution in [0.2, 0.25) is 0 Å². The zero-order valence-corrected chi connectivity index (χ0v) is 8.48. The smallest absolute Gasteiger partial charge is 0.0287 e. The van der Waals surface area contributed by atoms with Crippen LogP contribution in [-0.4, -0.2) is 0 Å². The van der Waals surface area contributed by atoms with Crippen molar-refractivity contribution >= 4 is 0 Å². The summed E-state index contributed by atoms with van der Waals surface area (Å²) in [5.74, 6) is 2.11. The highest BCUT2D eigenvalue weighted by atomic mass is 14.5. The first-order chi connectivity index (χ1) is 5.20. The summed E-state index contributed by atoms with van der Waals surface area (Å²) in [6.45, 7) is 8.77. The Balaban J connectivity index is 0.000000281. The van der Waals surface area contributed by atoms with Crippen LogP contribution in [0.4, 0.5) is 0 Å². The van der Waals surface area contributed by atoms with Gasteiger partial charge in [0.25, 0.3) is 0 Å². The molecular weight excluding hydrogens is 132 g/mol. The first kappa shape index (κ1) is 9.09. The molecule has 0 aliphatic heterocycles. The molecule has 2 saturated carbocycles. The molecular formula is C11H22. The molecule has 0 nitrogen and oxygen atoms in total. The molecule has 1 spiro atoms. The molecule has 0 saturated heterocycles. The van der Waals surface area contributed by atoms with Gasteiger partial charge in [-0.25, -0.2) is 0 Å². The van der Waals surface area contributed by atoms with Crippen LogP contribution in [0.25, 0.3) is 0 Å². The van der Waals surface area contributed by atoms with Crippen LogP contribution in [0.1, 0.15) is 53.4 Å². The molecule has 2 aliphatic carbocycles. The van der Waals surface area contributed by atoms with E-state index in [-0.39, 0.29) is 0 Å². The summed E-state index contributed by atoms with van der Waals surface area (Å²) in [5.41, 5.74) is 0.888. The Bertz CT molecular complexity index is 94.5. The van der Waals surface area contributed by atoms with Crippen LogP contribution >= 0.6 is 0 Å². The lowest BCUT2D eigenvalue weighted by Gasteiger charge is -2.56. The predicted molar refractivity (Wildman–Crippen MR) is 50.6 cm³/mol. The standard InChI is InChI=1S/C9H16.C2H6/c1-7-3-9(4-7)5-8(2)6-9;1-2/h7-8H,3-6H2,1-2H3;1-2H3. The van der Waals surface area contributed by atoms with E-state index < -0.39 is 0 Å². The molecule has 66 valence electrons. The van der Waals surface area contributed by atoms with Gasteiger partial charge in [-0.3, -0.25) is 0 Å². The predicted octanol–water partition coefficient (Wildman–Crippen LogP) is 3.86. The summed E-state index contributed by atoms with van der Waals surface area (Å²) < 4.78 is 0. The van der Waals surface area contributed by atoms with E-state index in [1.54, 1.807) is 0 Å². The van der Waals surface area contributed by atoms with Gasteiger partial charge in [0, 0.05) is 0 Å². The lowest BCUT2D eigenvalue weighted by atomic mass is 9.49. The van der Waals surface area contributed by atoms with Crippen LogP contribution in [0, 0.1) is 17.3 Å². The molecule has 0 unspecified atom stereocenters. The Labute approximate surface area is 71.4 Å². The van der Waals surface area contributed by atoms with E-state index in [1.807, 2.05) is 13.8 Å². The Morgan fingerprint density at radius 3 is 1.27 bits per heavy atom. The van der Waals surface area contributed by atoms with Gasteiger partial charge in [-0.05, 0) is 42.9 Å². The second-order valence-corrected chi connectivity index (χ2v) is 4.53. The number of hydrogen-bond donors (Lipinski definition) is 0. The van der Waals surface area contributed by atoms with Gasteiger partial charge in [0.2, 0.25) is 0 Å². The normalized spacial score (nSPS) is 46.9. The second kappa shape index (κ2) is 3.16. The van der Waals surface area contributed by atoms with E-state index >= 15 is 0 Å². The second-order valence-electron chi connectivity index (χ2n) is 4.53. The van der Waals surface area contributed by atoms with Crippen molar-refractivity contribution in [2.24, 2.45) is 17.3 Å². The van der Waals surface area contributed by atoms with E-state index in [4.69, 9.17) is 0 Å². The van der Waals surface area contributed by atoms with Crippen LogP contribution in [0.15, 0.2) is 0 Å². The average Bonchev–Trinajstić information content (AvgIpc) is 1.86. The third-order valence-electron chi connectivity index (χ3n) is 3.13. The monoisotopic (exact) mass is 154 g/mol. The summed E-state index contributed by atoms with van der Waals surface area (Å²) in [6, 6.07) is 0. The molecule has 0 radical (unpaired) electrons. The van der Waals surface area contributed by atoms with E-state index in [9.17, 15) is 0 Å². The van der Waals surface area contributed by atoms with Crippen LogP contribution in [0.5, 0.6) is 0 Å². The molecule has 2 rings (SSSR count). The van der Waals surface area contributed by atoms with E-state index in [2.05, 4.69) is 13.8 Å². The number of hydrogen-bond acceptors (Lipinski definition) is 0. The molecule has 0 N–H and O–H groups in total. The summed E-state index contributed by atoms with van der Waals surface area (Å²) in [6.07, 6.45) is 6.16. The zero-order chi connectivity index (χ0) is 8.48. The van der Waals surface area contributed by atoms with Gasteiger partial charge in [0.05, 0.1) is 0 Å². The van der Waals surface area contributed by atoms with Crippen LogP contribution in [-0.2, 0) is 0 Å². The highest BCUT2D eigenvalue weighted by molar-refractivity contribution is 5.00. The third-order valence-corrected chi connectivity index (χ3v) is 3.13. The van der Waals surface area contributed by atoms with Gasteiger partial charge in [-0.2, -0.15) is 0 Å². The Hall–Kier alpha value is 0. The number of rotatable bonds is 0. The van der Waals surface area contributed by atoms with Crippen molar-refractivity contribution in [2.45, 2.75) is 53.4 Å². The molecule has 0 aromatic carbocycles. The summed E-state index contributed by atoms with van der Waals surface area (Å²) in [5, 5.41) is 0. The van der Waals surface area contributed by atoms with Gasteiger partial charge in [0.1, 0.15) is 0 Å². The Kier molecular flexibility index (Phi) is 2.61. The molecule has 11 heavy (non-hydrogen) atoms. The lowest BCUT2D eigenvalue weighted by Crippen LogP contribution is -2.45. The average molecular weight is 154 g/mol. The van der Waals surface area contributed by atoms with Crippen molar-refractivity contribution in [2.75, 3.05) is 0 Å². The fourth-order valence-electron chi connectivity index (χ4n) is 3.17. The first-order valence-corrected chi connectivity index (χ1v) is 5.20. The molecule has 0 bridgehead atoms. The quantitative estimate of drug-likeness (QED) is 0.497. The van der Waals surface area contributed by atoms with Crippen molar-refractivity contribution in [3.05, 3.63) is 0 Å². The summed E-state index contributed by atoms with van der Waals surface area (Å²) in [7, 11) is 0. The molecule has 0 atom stereocenters. The molecule has 2 aliphatic rings. The van der Waals surface area contributed by atoms with E-state index in [0.717, 1.165) is 17.3 Å². The van der Waals surface area contributed by atoms with Crippen molar-refractivity contribution < 1.29 is 0 Å². The minimum atomic E-state index is 0.888. The van der Waals surface area contributed by atoms with E-state index in [0.29, 0.717) is 0 Å². The van der Waals surface area contributed by atoms with Crippen molar-refractivity contribution in [3.63, 3.8) is 0 Å². The van der Waals surface area contributed by atoms with Crippen LogP contribution in [0.3, 0.4) is 0 Å². The molecule has 0 aromatic heterocycles. The van der Waals surface area contributed by atoms with Gasteiger partial charge >= 0.3 is 0 Å². The Morgan fingerprint density at radius 2 is 1.09 bits per heavy atom. The zero-order valence-electron chi connectivity index (χ0n) is 8.48. The summed E-state index contributed by atoms with van der Waals surface area (Å²) in [4.78, 5) is 0. The maximum Gasteiger partial charge on any atom is -0.0287 e. The molecule has 2 fully saturated rings. The lowest BCUT2D eigenvalue weighted by molar-refractivity contribution is -0.0549. The molecule has 0 aromatic rings. The SMILES string of the molecule is CC.CC1CC2(C1)CC(C)C2. The third kappa shape index (κ3) is 1.60. The van der Waals surface area contributed by atoms with Gasteiger partial charge in [-0.1, -0.05) is 27.7 Å². The topological polar surface area (TPSA) is 0 Å². The maximum atomic E-state index is 2.38. The maximum absolute atomic E-state index is 2.38. The van der Waals surface area contributed by atoms with Crippen molar-refractivity contribution in [1.82, 2.24) is 0 Å². The van der Waals surface area contributed by atoms with Gasteiger partial charge < -0.3 is 0 Å². The molecule has 0 heterocycles. The van der Waals surface area contributed by atoms with Crippen molar-refractivity contribution in [1.29, 1.82) is 0 Å². The fourth-order valence-corrected chi connectivity index (χ4v) is 3.17. The Morgan fingerprint density at radius 1 is 0.818 bits per heavy atom. The summed E-state index contributed by atoms with van der Waals surface area (Å²) >= 11 is 0. The minimum absolute atomic E-state index is 0.888. The van der Waals surface area contributed by atoms with Gasteiger partial charge in [-0.15, -0.1) is 0 Å². The minimum Gasteiger partial charge on any atom is -0.0683 e.